The van der Waals surface area contributed by atoms with Gasteiger partial charge in [0.25, 0.3) is 0 Å². The summed E-state index contributed by atoms with van der Waals surface area (Å²) in [7, 11) is 2.14. The molecule has 38 heavy (non-hydrogen) atoms. The lowest BCUT2D eigenvalue weighted by Crippen LogP contribution is -2.52. The number of nitrogens with zero attached hydrogens (tertiary/aromatic N) is 5. The number of hydrogen-bond donors (Lipinski definition) is 2. The molecule has 3 fully saturated rings. The molecule has 2 saturated carbocycles. The Bertz CT molecular complexity index is 1150. The molecule has 2 amide bonds. The minimum absolute atomic E-state index is 0.0246. The molecule has 1 saturated heterocycles. The van der Waals surface area contributed by atoms with Crippen LogP contribution in [-0.2, 0) is 17.7 Å². The van der Waals surface area contributed by atoms with Crippen molar-refractivity contribution < 1.29 is 9.53 Å². The Kier molecular flexibility index (Phi) is 7.39. The fourth-order valence-electron chi connectivity index (χ4n) is 5.94. The summed E-state index contributed by atoms with van der Waals surface area (Å²) in [6.45, 7) is 6.03. The third-order valence-electron chi connectivity index (χ3n) is 8.61. The zero-order chi connectivity index (χ0) is 26.1. The molecule has 1 aromatic carbocycles. The number of urea groups is 1. The van der Waals surface area contributed by atoms with Gasteiger partial charge in [-0.3, -0.25) is 0 Å². The van der Waals surface area contributed by atoms with E-state index in [0.717, 1.165) is 88.0 Å². The number of nitrogens with two attached hydrogens (primary N) is 1. The van der Waals surface area contributed by atoms with Crippen LogP contribution in [0.5, 0.6) is 0 Å². The molecular formula is C29H41N7O2. The molecule has 2 aliphatic carbocycles. The van der Waals surface area contributed by atoms with E-state index in [0.29, 0.717) is 12.5 Å². The van der Waals surface area contributed by atoms with E-state index in [1.165, 1.54) is 30.4 Å². The van der Waals surface area contributed by atoms with Gasteiger partial charge in [0.05, 0.1) is 17.8 Å². The number of hydrogen-bond acceptors (Lipinski definition) is 7. The van der Waals surface area contributed by atoms with Crippen molar-refractivity contribution >= 4 is 17.8 Å². The smallest absolute Gasteiger partial charge is 0.318 e. The van der Waals surface area contributed by atoms with Crippen LogP contribution in [0.25, 0.3) is 11.3 Å². The fraction of sp³-hybridized carbons (Fsp3) is 0.621. The summed E-state index contributed by atoms with van der Waals surface area (Å²) in [5, 5.41) is 3.33. The van der Waals surface area contributed by atoms with Gasteiger partial charge in [-0.25, -0.2) is 9.78 Å². The molecule has 9 nitrogen and oxygen atoms in total. The highest BCUT2D eigenvalue weighted by atomic mass is 16.5. The van der Waals surface area contributed by atoms with E-state index in [2.05, 4.69) is 50.3 Å². The summed E-state index contributed by atoms with van der Waals surface area (Å²) in [6, 6.07) is 8.65. The first-order valence-electron chi connectivity index (χ1n) is 14.4. The third kappa shape index (κ3) is 5.89. The molecule has 4 aliphatic rings. The molecule has 6 rings (SSSR count). The summed E-state index contributed by atoms with van der Waals surface area (Å²) in [4.78, 5) is 29.0. The van der Waals surface area contributed by atoms with Gasteiger partial charge in [0, 0.05) is 57.5 Å². The number of nitrogens with one attached hydrogen (secondary N) is 1. The maximum Gasteiger partial charge on any atom is 0.318 e. The maximum absolute atomic E-state index is 13.3. The second-order valence-electron chi connectivity index (χ2n) is 11.6. The quantitative estimate of drug-likeness (QED) is 0.604. The van der Waals surface area contributed by atoms with E-state index < -0.39 is 0 Å². The van der Waals surface area contributed by atoms with Gasteiger partial charge in [-0.1, -0.05) is 25.0 Å². The summed E-state index contributed by atoms with van der Waals surface area (Å²) in [6.07, 6.45) is 7.96. The van der Waals surface area contributed by atoms with E-state index in [-0.39, 0.29) is 18.2 Å². The van der Waals surface area contributed by atoms with Crippen molar-refractivity contribution in [3.8, 4) is 11.3 Å². The van der Waals surface area contributed by atoms with Crippen molar-refractivity contribution in [2.75, 3.05) is 57.0 Å². The highest BCUT2D eigenvalue weighted by Gasteiger charge is 2.32. The molecule has 3 N–H and O–H groups in total. The van der Waals surface area contributed by atoms with Crippen LogP contribution in [0.15, 0.2) is 24.3 Å². The Balaban J connectivity index is 1.14. The maximum atomic E-state index is 13.3. The SMILES string of the molecule is CN1CCN(c2cc(-c3ccc4c(c3)CN(C(=O)NC3CCCCC3OCC3CC3)CC4)nc(N)n2)CC1. The molecule has 2 unspecified atom stereocenters. The lowest BCUT2D eigenvalue weighted by atomic mass is 9.92. The van der Waals surface area contributed by atoms with E-state index >= 15 is 0 Å². The molecule has 1 aromatic heterocycles. The highest BCUT2D eigenvalue weighted by Crippen LogP contribution is 2.32. The molecule has 3 heterocycles. The molecule has 0 bridgehead atoms. The predicted octanol–water partition coefficient (Wildman–Crippen LogP) is 3.28. The molecule has 0 spiro atoms. The minimum atomic E-state index is 0.0246. The number of carbonyl (C=O) groups excluding carboxylic acids is 1. The van der Waals surface area contributed by atoms with Gasteiger partial charge in [-0.05, 0) is 62.3 Å². The Hall–Kier alpha value is -2.91. The summed E-state index contributed by atoms with van der Waals surface area (Å²) in [5.74, 6) is 1.91. The number of nitrogen functional groups attached to an aromatic ring is 1. The van der Waals surface area contributed by atoms with Crippen LogP contribution < -0.4 is 16.0 Å². The normalized spacial score (nSPS) is 24.2. The topological polar surface area (TPSA) is 99.8 Å². The van der Waals surface area contributed by atoms with Gasteiger partial charge in [0.15, 0.2) is 0 Å². The van der Waals surface area contributed by atoms with Crippen LogP contribution in [0.1, 0.15) is 49.7 Å². The lowest BCUT2D eigenvalue weighted by Gasteiger charge is -2.35. The first kappa shape index (κ1) is 25.4. The number of piperazine rings is 1. The molecule has 2 aliphatic heterocycles. The number of anilines is 2. The van der Waals surface area contributed by atoms with E-state index in [1.54, 1.807) is 0 Å². The molecule has 2 aromatic rings. The number of aromatic nitrogens is 2. The monoisotopic (exact) mass is 519 g/mol. The molecule has 0 radical (unpaired) electrons. The Morgan fingerprint density at radius 3 is 2.66 bits per heavy atom. The number of rotatable bonds is 6. The Morgan fingerprint density at radius 2 is 1.84 bits per heavy atom. The second kappa shape index (κ2) is 11.1. The van der Waals surface area contributed by atoms with Gasteiger partial charge in [-0.15, -0.1) is 0 Å². The van der Waals surface area contributed by atoms with Gasteiger partial charge >= 0.3 is 6.03 Å². The van der Waals surface area contributed by atoms with Crippen molar-refractivity contribution in [1.82, 2.24) is 25.1 Å². The van der Waals surface area contributed by atoms with Gasteiger partial charge < -0.3 is 30.5 Å². The number of ether oxygens (including phenoxy) is 1. The Labute approximate surface area is 225 Å². The second-order valence-corrected chi connectivity index (χ2v) is 11.6. The summed E-state index contributed by atoms with van der Waals surface area (Å²) < 4.78 is 6.24. The van der Waals surface area contributed by atoms with Crippen LogP contribution in [0.2, 0.25) is 0 Å². The van der Waals surface area contributed by atoms with E-state index in [1.807, 2.05) is 11.0 Å². The van der Waals surface area contributed by atoms with Crippen molar-refractivity contribution in [3.63, 3.8) is 0 Å². The largest absolute Gasteiger partial charge is 0.376 e. The highest BCUT2D eigenvalue weighted by molar-refractivity contribution is 5.75. The van der Waals surface area contributed by atoms with Crippen LogP contribution >= 0.6 is 0 Å². The molecule has 9 heteroatoms. The summed E-state index contributed by atoms with van der Waals surface area (Å²) in [5.41, 5.74) is 10.4. The zero-order valence-electron chi connectivity index (χ0n) is 22.6. The fourth-order valence-corrected chi connectivity index (χ4v) is 5.94. The number of carbonyl (C=O) groups is 1. The first-order chi connectivity index (χ1) is 18.5. The zero-order valence-corrected chi connectivity index (χ0v) is 22.6. The van der Waals surface area contributed by atoms with Crippen molar-refractivity contribution in [3.05, 3.63) is 35.4 Å². The lowest BCUT2D eigenvalue weighted by molar-refractivity contribution is 0.00128. The van der Waals surface area contributed by atoms with E-state index in [4.69, 9.17) is 10.5 Å². The van der Waals surface area contributed by atoms with Gasteiger partial charge in [0.2, 0.25) is 5.95 Å². The number of likely N-dealkylation sites (N-methyl/N-ethyl adjacent to an activating group) is 1. The molecule has 204 valence electrons. The summed E-state index contributed by atoms with van der Waals surface area (Å²) >= 11 is 0. The molecule has 2 atom stereocenters. The van der Waals surface area contributed by atoms with Crippen LogP contribution in [0.3, 0.4) is 0 Å². The van der Waals surface area contributed by atoms with Crippen molar-refractivity contribution in [1.29, 1.82) is 0 Å². The van der Waals surface area contributed by atoms with Crippen LogP contribution in [0.4, 0.5) is 16.6 Å². The first-order valence-corrected chi connectivity index (χ1v) is 14.4. The minimum Gasteiger partial charge on any atom is -0.376 e. The standard InChI is InChI=1S/C29H41N7O2/c1-34-12-14-35(15-13-34)27-17-25(31-28(30)33-27)22-9-8-21-10-11-36(18-23(21)16-22)29(37)32-24-4-2-3-5-26(24)38-19-20-6-7-20/h8-9,16-17,20,24,26H,2-7,10-15,18-19H2,1H3,(H,32,37)(H2,30,31,33). The van der Waals surface area contributed by atoms with Crippen LogP contribution in [0, 0.1) is 5.92 Å². The van der Waals surface area contributed by atoms with Gasteiger partial charge in [0.1, 0.15) is 5.82 Å². The Morgan fingerprint density at radius 1 is 1.03 bits per heavy atom. The number of benzene rings is 1. The van der Waals surface area contributed by atoms with Crippen LogP contribution in [-0.4, -0.2) is 84.3 Å². The van der Waals surface area contributed by atoms with Crippen molar-refractivity contribution in [2.45, 2.75) is 63.6 Å². The molecular weight excluding hydrogens is 478 g/mol. The van der Waals surface area contributed by atoms with E-state index in [9.17, 15) is 4.79 Å². The predicted molar refractivity (Wildman–Crippen MR) is 149 cm³/mol. The van der Waals surface area contributed by atoms with Crippen molar-refractivity contribution in [2.24, 2.45) is 5.92 Å². The number of fused-ring (bicyclic) bond motifs is 1. The number of amides is 2. The third-order valence-corrected chi connectivity index (χ3v) is 8.61. The average Bonchev–Trinajstić information content (AvgIpc) is 3.77. The average molecular weight is 520 g/mol. The van der Waals surface area contributed by atoms with Gasteiger partial charge in [-0.2, -0.15) is 4.98 Å².